The number of hydrogen-bond acceptors (Lipinski definition) is 5. The van der Waals surface area contributed by atoms with Gasteiger partial charge < -0.3 is 10.5 Å². The van der Waals surface area contributed by atoms with E-state index < -0.39 is 5.97 Å². The number of nitrogens with two attached hydrogens (primary N) is 1. The first-order valence-corrected chi connectivity index (χ1v) is 7.01. The predicted molar refractivity (Wildman–Crippen MR) is 79.3 cm³/mol. The lowest BCUT2D eigenvalue weighted by Gasteiger charge is -2.04. The van der Waals surface area contributed by atoms with Crippen molar-refractivity contribution in [3.05, 3.63) is 51.9 Å². The maximum atomic E-state index is 12.5. The van der Waals surface area contributed by atoms with Gasteiger partial charge in [0, 0.05) is 5.56 Å². The summed E-state index contributed by atoms with van der Waals surface area (Å²) in [5, 5.41) is 0.358. The molecule has 0 radical (unpaired) electrons. The zero-order chi connectivity index (χ0) is 14.7. The van der Waals surface area contributed by atoms with Crippen molar-refractivity contribution >= 4 is 28.1 Å². The van der Waals surface area contributed by atoms with Gasteiger partial charge >= 0.3 is 5.97 Å². The summed E-state index contributed by atoms with van der Waals surface area (Å²) in [5.74, 6) is -0.614. The van der Waals surface area contributed by atoms with E-state index in [0.717, 1.165) is 11.3 Å². The van der Waals surface area contributed by atoms with E-state index in [9.17, 15) is 9.59 Å². The van der Waals surface area contributed by atoms with Crippen molar-refractivity contribution < 1.29 is 14.3 Å². The highest BCUT2D eigenvalue weighted by atomic mass is 32.1. The molecule has 5 heteroatoms. The van der Waals surface area contributed by atoms with E-state index in [2.05, 4.69) is 0 Å². The molecule has 0 atom stereocenters. The van der Waals surface area contributed by atoms with Gasteiger partial charge in [0.25, 0.3) is 0 Å². The summed E-state index contributed by atoms with van der Waals surface area (Å²) in [5.41, 5.74) is 7.58. The Morgan fingerprint density at radius 3 is 2.45 bits per heavy atom. The van der Waals surface area contributed by atoms with Gasteiger partial charge in [-0.2, -0.15) is 0 Å². The maximum absolute atomic E-state index is 12.5. The van der Waals surface area contributed by atoms with Gasteiger partial charge in [-0.05, 0) is 12.0 Å². The van der Waals surface area contributed by atoms with Crippen LogP contribution in [-0.4, -0.2) is 18.9 Å². The Labute approximate surface area is 121 Å². The number of esters is 1. The van der Waals surface area contributed by atoms with Crippen LogP contribution >= 0.6 is 11.3 Å². The molecule has 0 unspecified atom stereocenters. The van der Waals surface area contributed by atoms with E-state index in [0.29, 0.717) is 33.0 Å². The molecule has 20 heavy (non-hydrogen) atoms. The summed E-state index contributed by atoms with van der Waals surface area (Å²) in [6.45, 7) is 1.88. The molecule has 1 aromatic heterocycles. The minimum absolute atomic E-state index is 0.161. The number of benzene rings is 1. The molecule has 0 aliphatic heterocycles. The lowest BCUT2D eigenvalue weighted by Crippen LogP contribution is -2.08. The van der Waals surface area contributed by atoms with Crippen molar-refractivity contribution in [3.8, 4) is 0 Å². The lowest BCUT2D eigenvalue weighted by atomic mass is 9.99. The van der Waals surface area contributed by atoms with Crippen LogP contribution in [-0.2, 0) is 11.2 Å². The number of rotatable bonds is 4. The molecule has 2 rings (SSSR count). The Morgan fingerprint density at radius 2 is 1.90 bits per heavy atom. The van der Waals surface area contributed by atoms with Crippen LogP contribution in [0.25, 0.3) is 0 Å². The number of carbonyl (C=O) groups excluding carboxylic acids is 2. The second-order valence-corrected chi connectivity index (χ2v) is 5.24. The number of hydrogen-bond donors (Lipinski definition) is 1. The van der Waals surface area contributed by atoms with Crippen LogP contribution in [0, 0.1) is 0 Å². The lowest BCUT2D eigenvalue weighted by molar-refractivity contribution is 0.0605. The third-order valence-electron chi connectivity index (χ3n) is 3.02. The summed E-state index contributed by atoms with van der Waals surface area (Å²) in [6, 6.07) is 8.90. The Balaban J connectivity index is 2.55. The van der Waals surface area contributed by atoms with Crippen molar-refractivity contribution in [3.63, 3.8) is 0 Å². The fraction of sp³-hybridized carbons (Fsp3) is 0.200. The first kappa shape index (κ1) is 14.3. The fourth-order valence-corrected chi connectivity index (χ4v) is 3.14. The number of anilines is 1. The fourth-order valence-electron chi connectivity index (χ4n) is 2.06. The normalized spacial score (nSPS) is 10.3. The SMILES string of the molecule is CCc1c(C(=O)OC)sc(N)c1C(=O)c1ccccc1. The first-order valence-electron chi connectivity index (χ1n) is 6.19. The average molecular weight is 289 g/mol. The Kier molecular flexibility index (Phi) is 4.20. The predicted octanol–water partition coefficient (Wildman–Crippen LogP) is 2.91. The third-order valence-corrected chi connectivity index (χ3v) is 4.06. The smallest absolute Gasteiger partial charge is 0.348 e. The Hall–Kier alpha value is -2.14. The van der Waals surface area contributed by atoms with E-state index in [-0.39, 0.29) is 5.78 Å². The molecule has 2 N–H and O–H groups in total. The van der Waals surface area contributed by atoms with Crippen molar-refractivity contribution in [2.45, 2.75) is 13.3 Å². The van der Waals surface area contributed by atoms with Gasteiger partial charge in [0.1, 0.15) is 4.88 Å². The number of ether oxygens (including phenoxy) is 1. The summed E-state index contributed by atoms with van der Waals surface area (Å²) in [4.78, 5) is 24.7. The number of nitrogen functional groups attached to an aromatic ring is 1. The average Bonchev–Trinajstić information content (AvgIpc) is 2.83. The molecule has 1 aromatic carbocycles. The van der Waals surface area contributed by atoms with Crippen LogP contribution in [0.15, 0.2) is 30.3 Å². The van der Waals surface area contributed by atoms with Crippen molar-refractivity contribution in [1.82, 2.24) is 0 Å². The summed E-state index contributed by atoms with van der Waals surface area (Å²) < 4.78 is 4.74. The Morgan fingerprint density at radius 1 is 1.25 bits per heavy atom. The van der Waals surface area contributed by atoms with Crippen LogP contribution in [0.5, 0.6) is 0 Å². The maximum Gasteiger partial charge on any atom is 0.348 e. The second kappa shape index (κ2) is 5.88. The minimum atomic E-state index is -0.453. The van der Waals surface area contributed by atoms with Crippen molar-refractivity contribution in [1.29, 1.82) is 0 Å². The molecule has 0 spiro atoms. The van der Waals surface area contributed by atoms with E-state index in [1.54, 1.807) is 24.3 Å². The molecule has 2 aromatic rings. The molecule has 0 bridgehead atoms. The molecule has 0 saturated heterocycles. The summed E-state index contributed by atoms with van der Waals surface area (Å²) in [7, 11) is 1.32. The first-order chi connectivity index (χ1) is 9.60. The number of ketones is 1. The standard InChI is InChI=1S/C15H15NO3S/c1-3-10-11(12(17)9-7-5-4-6-8-9)14(16)20-13(10)15(18)19-2/h4-8H,3,16H2,1-2H3. The van der Waals surface area contributed by atoms with Crippen LogP contribution < -0.4 is 5.73 Å². The zero-order valence-corrected chi connectivity index (χ0v) is 12.1. The molecular formula is C15H15NO3S. The zero-order valence-electron chi connectivity index (χ0n) is 11.3. The molecule has 4 nitrogen and oxygen atoms in total. The van der Waals surface area contributed by atoms with E-state index >= 15 is 0 Å². The van der Waals surface area contributed by atoms with Gasteiger partial charge in [0.05, 0.1) is 17.7 Å². The van der Waals surface area contributed by atoms with E-state index in [1.807, 2.05) is 13.0 Å². The molecule has 0 aliphatic carbocycles. The molecule has 1 heterocycles. The van der Waals surface area contributed by atoms with Crippen LogP contribution in [0.1, 0.15) is 38.1 Å². The van der Waals surface area contributed by atoms with Crippen molar-refractivity contribution in [2.75, 3.05) is 12.8 Å². The topological polar surface area (TPSA) is 69.4 Å². The highest BCUT2D eigenvalue weighted by molar-refractivity contribution is 7.18. The van der Waals surface area contributed by atoms with Gasteiger partial charge in [-0.3, -0.25) is 4.79 Å². The third kappa shape index (κ3) is 2.44. The van der Waals surface area contributed by atoms with E-state index in [4.69, 9.17) is 10.5 Å². The van der Waals surface area contributed by atoms with E-state index in [1.165, 1.54) is 7.11 Å². The minimum Gasteiger partial charge on any atom is -0.465 e. The van der Waals surface area contributed by atoms with Gasteiger partial charge in [0.2, 0.25) is 0 Å². The summed E-state index contributed by atoms with van der Waals surface area (Å²) >= 11 is 1.10. The number of methoxy groups -OCH3 is 1. The van der Waals surface area contributed by atoms with Crippen LogP contribution in [0.2, 0.25) is 0 Å². The molecule has 0 fully saturated rings. The van der Waals surface area contributed by atoms with Crippen LogP contribution in [0.4, 0.5) is 5.00 Å². The molecule has 0 aliphatic rings. The van der Waals surface area contributed by atoms with Gasteiger partial charge in [0.15, 0.2) is 5.78 Å². The molecule has 104 valence electrons. The van der Waals surface area contributed by atoms with Crippen LogP contribution in [0.3, 0.4) is 0 Å². The highest BCUT2D eigenvalue weighted by Crippen LogP contribution is 2.33. The number of carbonyl (C=O) groups is 2. The van der Waals surface area contributed by atoms with Crippen molar-refractivity contribution in [2.24, 2.45) is 0 Å². The quantitative estimate of drug-likeness (QED) is 0.694. The monoisotopic (exact) mass is 289 g/mol. The van der Waals surface area contributed by atoms with Gasteiger partial charge in [-0.25, -0.2) is 4.79 Å². The van der Waals surface area contributed by atoms with Gasteiger partial charge in [-0.15, -0.1) is 11.3 Å². The summed E-state index contributed by atoms with van der Waals surface area (Å²) in [6.07, 6.45) is 0.548. The molecule has 0 amide bonds. The Bertz CT molecular complexity index is 647. The number of thiophene rings is 1. The molecular weight excluding hydrogens is 274 g/mol. The molecule has 0 saturated carbocycles. The highest BCUT2D eigenvalue weighted by Gasteiger charge is 2.25. The largest absolute Gasteiger partial charge is 0.465 e. The van der Waals surface area contributed by atoms with Gasteiger partial charge in [-0.1, -0.05) is 37.3 Å². The second-order valence-electron chi connectivity index (χ2n) is 4.19.